The molecule has 1 saturated carbocycles. The van der Waals surface area contributed by atoms with Crippen molar-refractivity contribution in [1.29, 1.82) is 0 Å². The third-order valence-corrected chi connectivity index (χ3v) is 4.62. The Labute approximate surface area is 119 Å². The number of pyridine rings is 1. The number of rotatable bonds is 3. The standard InChI is InChI=1S/C16H22N2O2/c19-15-9-8-12-13(17-15)6-3-7-14(12)18-16(20)10-11-4-1-2-5-11/h8-9,11,14H,1-7,10H2,(H,17,19)(H,18,20). The molecular formula is C16H22N2O2. The summed E-state index contributed by atoms with van der Waals surface area (Å²) in [7, 11) is 0. The lowest BCUT2D eigenvalue weighted by molar-refractivity contribution is -0.122. The molecule has 1 unspecified atom stereocenters. The van der Waals surface area contributed by atoms with E-state index >= 15 is 0 Å². The minimum Gasteiger partial charge on any atom is -0.349 e. The Bertz CT molecular complexity index is 544. The van der Waals surface area contributed by atoms with Gasteiger partial charge in [0.05, 0.1) is 6.04 Å². The lowest BCUT2D eigenvalue weighted by Gasteiger charge is -2.26. The maximum atomic E-state index is 12.2. The second-order valence-electron chi connectivity index (χ2n) is 6.12. The van der Waals surface area contributed by atoms with Crippen molar-refractivity contribution in [2.75, 3.05) is 0 Å². The smallest absolute Gasteiger partial charge is 0.248 e. The van der Waals surface area contributed by atoms with Crippen LogP contribution < -0.4 is 10.9 Å². The topological polar surface area (TPSA) is 62.0 Å². The molecular weight excluding hydrogens is 252 g/mol. The zero-order valence-corrected chi connectivity index (χ0v) is 11.8. The van der Waals surface area contributed by atoms with Crippen molar-refractivity contribution in [2.24, 2.45) is 5.92 Å². The van der Waals surface area contributed by atoms with Crippen molar-refractivity contribution in [3.8, 4) is 0 Å². The largest absolute Gasteiger partial charge is 0.349 e. The zero-order chi connectivity index (χ0) is 13.9. The van der Waals surface area contributed by atoms with Gasteiger partial charge in [0.25, 0.3) is 0 Å². The summed E-state index contributed by atoms with van der Waals surface area (Å²) in [5, 5.41) is 3.16. The highest BCUT2D eigenvalue weighted by Gasteiger charge is 2.24. The van der Waals surface area contributed by atoms with Gasteiger partial charge in [-0.3, -0.25) is 9.59 Å². The van der Waals surface area contributed by atoms with Gasteiger partial charge >= 0.3 is 0 Å². The fraction of sp³-hybridized carbons (Fsp3) is 0.625. The van der Waals surface area contributed by atoms with Crippen LogP contribution in [0.5, 0.6) is 0 Å². The van der Waals surface area contributed by atoms with Gasteiger partial charge in [-0.1, -0.05) is 12.8 Å². The monoisotopic (exact) mass is 274 g/mol. The number of amides is 1. The second-order valence-corrected chi connectivity index (χ2v) is 6.12. The lowest BCUT2D eigenvalue weighted by Crippen LogP contribution is -2.32. The third-order valence-electron chi connectivity index (χ3n) is 4.62. The molecule has 2 aliphatic carbocycles. The molecule has 3 rings (SSSR count). The van der Waals surface area contributed by atoms with E-state index in [1.54, 1.807) is 6.07 Å². The molecule has 108 valence electrons. The molecule has 0 aliphatic heterocycles. The van der Waals surface area contributed by atoms with E-state index in [0.29, 0.717) is 12.3 Å². The summed E-state index contributed by atoms with van der Waals surface area (Å²) < 4.78 is 0. The van der Waals surface area contributed by atoms with Crippen LogP contribution in [0.4, 0.5) is 0 Å². The van der Waals surface area contributed by atoms with Gasteiger partial charge in [0.2, 0.25) is 11.5 Å². The number of aryl methyl sites for hydroxylation is 1. The second kappa shape index (κ2) is 5.81. The molecule has 0 saturated heterocycles. The summed E-state index contributed by atoms with van der Waals surface area (Å²) in [6.45, 7) is 0. The summed E-state index contributed by atoms with van der Waals surface area (Å²) in [4.78, 5) is 26.4. The number of hydrogen-bond acceptors (Lipinski definition) is 2. The number of carbonyl (C=O) groups is 1. The zero-order valence-electron chi connectivity index (χ0n) is 11.8. The molecule has 0 bridgehead atoms. The molecule has 1 amide bonds. The minimum absolute atomic E-state index is 0.0540. The van der Waals surface area contributed by atoms with Crippen LogP contribution in [0, 0.1) is 5.92 Å². The summed E-state index contributed by atoms with van der Waals surface area (Å²) in [6, 6.07) is 3.50. The number of H-pyrrole nitrogens is 1. The summed E-state index contributed by atoms with van der Waals surface area (Å²) in [5.41, 5.74) is 2.03. The molecule has 2 aliphatic rings. The van der Waals surface area contributed by atoms with E-state index in [2.05, 4.69) is 10.3 Å². The Morgan fingerprint density at radius 3 is 2.80 bits per heavy atom. The first-order valence-electron chi connectivity index (χ1n) is 7.74. The van der Waals surface area contributed by atoms with Crippen molar-refractivity contribution < 1.29 is 4.79 Å². The van der Waals surface area contributed by atoms with Gasteiger partial charge in [0, 0.05) is 18.2 Å². The normalized spacial score (nSPS) is 22.5. The molecule has 0 aromatic carbocycles. The fourth-order valence-electron chi connectivity index (χ4n) is 3.58. The molecule has 1 atom stereocenters. The first kappa shape index (κ1) is 13.4. The van der Waals surface area contributed by atoms with Crippen LogP contribution in [0.15, 0.2) is 16.9 Å². The van der Waals surface area contributed by atoms with E-state index in [-0.39, 0.29) is 17.5 Å². The first-order chi connectivity index (χ1) is 9.72. The van der Waals surface area contributed by atoms with Crippen LogP contribution >= 0.6 is 0 Å². The van der Waals surface area contributed by atoms with Crippen LogP contribution in [0.2, 0.25) is 0 Å². The summed E-state index contributed by atoms with van der Waals surface area (Å²) in [6.07, 6.45) is 8.48. The SMILES string of the molecule is O=C(CC1CCCC1)NC1CCCc2[nH]c(=O)ccc21. The molecule has 1 fully saturated rings. The molecule has 0 spiro atoms. The quantitative estimate of drug-likeness (QED) is 0.889. The van der Waals surface area contributed by atoms with E-state index in [0.717, 1.165) is 30.5 Å². The van der Waals surface area contributed by atoms with Crippen LogP contribution in [-0.4, -0.2) is 10.9 Å². The van der Waals surface area contributed by atoms with Crippen molar-refractivity contribution in [1.82, 2.24) is 10.3 Å². The maximum Gasteiger partial charge on any atom is 0.248 e. The van der Waals surface area contributed by atoms with Crippen molar-refractivity contribution in [2.45, 2.75) is 57.4 Å². The first-order valence-corrected chi connectivity index (χ1v) is 7.74. The van der Waals surface area contributed by atoms with Gasteiger partial charge in [-0.2, -0.15) is 0 Å². The van der Waals surface area contributed by atoms with Crippen LogP contribution in [0.25, 0.3) is 0 Å². The number of hydrogen-bond donors (Lipinski definition) is 2. The lowest BCUT2D eigenvalue weighted by atomic mass is 9.91. The van der Waals surface area contributed by atoms with Gasteiger partial charge in [-0.15, -0.1) is 0 Å². The van der Waals surface area contributed by atoms with Gasteiger partial charge in [0.1, 0.15) is 0 Å². The van der Waals surface area contributed by atoms with Crippen molar-refractivity contribution in [3.63, 3.8) is 0 Å². The number of fused-ring (bicyclic) bond motifs is 1. The highest BCUT2D eigenvalue weighted by atomic mass is 16.1. The average molecular weight is 274 g/mol. The average Bonchev–Trinajstić information content (AvgIpc) is 2.91. The Morgan fingerprint density at radius 2 is 2.00 bits per heavy atom. The molecule has 1 aromatic heterocycles. The van der Waals surface area contributed by atoms with E-state index in [1.807, 2.05) is 6.07 Å². The number of carbonyl (C=O) groups excluding carboxylic acids is 1. The van der Waals surface area contributed by atoms with Crippen molar-refractivity contribution in [3.05, 3.63) is 33.7 Å². The molecule has 20 heavy (non-hydrogen) atoms. The fourth-order valence-corrected chi connectivity index (χ4v) is 3.58. The predicted octanol–water partition coefficient (Wildman–Crippen LogP) is 2.45. The number of aromatic nitrogens is 1. The number of nitrogens with one attached hydrogen (secondary N) is 2. The Balaban J connectivity index is 1.66. The molecule has 0 radical (unpaired) electrons. The number of aromatic amines is 1. The van der Waals surface area contributed by atoms with E-state index in [4.69, 9.17) is 0 Å². The van der Waals surface area contributed by atoms with Gasteiger partial charge < -0.3 is 10.3 Å². The Kier molecular flexibility index (Phi) is 3.90. The maximum absolute atomic E-state index is 12.2. The Hall–Kier alpha value is -1.58. The van der Waals surface area contributed by atoms with E-state index in [1.165, 1.54) is 25.7 Å². The third kappa shape index (κ3) is 2.94. The van der Waals surface area contributed by atoms with Crippen molar-refractivity contribution >= 4 is 5.91 Å². The molecule has 1 heterocycles. The summed E-state index contributed by atoms with van der Waals surface area (Å²) >= 11 is 0. The molecule has 4 nitrogen and oxygen atoms in total. The van der Waals surface area contributed by atoms with E-state index in [9.17, 15) is 9.59 Å². The van der Waals surface area contributed by atoms with Gasteiger partial charge in [-0.25, -0.2) is 0 Å². The van der Waals surface area contributed by atoms with Crippen LogP contribution in [0.1, 0.15) is 62.2 Å². The van der Waals surface area contributed by atoms with Gasteiger partial charge in [0.15, 0.2) is 0 Å². The minimum atomic E-state index is -0.0540. The highest BCUT2D eigenvalue weighted by Crippen LogP contribution is 2.30. The van der Waals surface area contributed by atoms with Gasteiger partial charge in [-0.05, 0) is 49.7 Å². The highest BCUT2D eigenvalue weighted by molar-refractivity contribution is 5.76. The molecule has 1 aromatic rings. The summed E-state index contributed by atoms with van der Waals surface area (Å²) in [5.74, 6) is 0.745. The molecule has 2 N–H and O–H groups in total. The van der Waals surface area contributed by atoms with E-state index < -0.39 is 0 Å². The predicted molar refractivity (Wildman–Crippen MR) is 77.5 cm³/mol. The molecule has 4 heteroatoms. The van der Waals surface area contributed by atoms with Crippen LogP contribution in [0.3, 0.4) is 0 Å². The Morgan fingerprint density at radius 1 is 1.20 bits per heavy atom. The van der Waals surface area contributed by atoms with Crippen LogP contribution in [-0.2, 0) is 11.2 Å².